The smallest absolute Gasteiger partial charge is 0.254 e. The van der Waals surface area contributed by atoms with Gasteiger partial charge in [0, 0.05) is 25.7 Å². The van der Waals surface area contributed by atoms with E-state index in [1.807, 2.05) is 24.3 Å². The molecule has 0 aromatic heterocycles. The fraction of sp³-hybridized carbons (Fsp3) is 0.259. The molecule has 0 unspecified atom stereocenters. The number of carbonyl (C=O) groups is 2. The van der Waals surface area contributed by atoms with Gasteiger partial charge < -0.3 is 19.7 Å². The molecule has 2 aliphatic rings. The molecule has 1 N–H and O–H groups in total. The summed E-state index contributed by atoms with van der Waals surface area (Å²) in [6.45, 7) is 1.06. The lowest BCUT2D eigenvalue weighted by Gasteiger charge is -2.28. The van der Waals surface area contributed by atoms with Crippen LogP contribution in [-0.4, -0.2) is 43.6 Å². The average Bonchev–Trinajstić information content (AvgIpc) is 3.51. The Hall–Kier alpha value is -3.80. The fourth-order valence-electron chi connectivity index (χ4n) is 4.82. The molecule has 0 aliphatic carbocycles. The number of hydrogen-bond acceptors (Lipinski definition) is 4. The second-order valence-corrected chi connectivity index (χ2v) is 8.65. The number of ether oxygens (including phenoxy) is 2. The molecule has 1 fully saturated rings. The Kier molecular flexibility index (Phi) is 5.50. The summed E-state index contributed by atoms with van der Waals surface area (Å²) in [5.41, 5.74) is 3.21. The lowest BCUT2D eigenvalue weighted by molar-refractivity contribution is -0.129. The average molecular weight is 443 g/mol. The van der Waals surface area contributed by atoms with E-state index in [-0.39, 0.29) is 18.6 Å². The molecule has 2 amide bonds. The molecule has 2 aliphatic heterocycles. The van der Waals surface area contributed by atoms with E-state index in [0.29, 0.717) is 43.0 Å². The van der Waals surface area contributed by atoms with E-state index in [0.717, 1.165) is 16.7 Å². The van der Waals surface area contributed by atoms with Crippen molar-refractivity contribution in [1.82, 2.24) is 10.2 Å². The molecule has 1 saturated heterocycles. The van der Waals surface area contributed by atoms with E-state index in [9.17, 15) is 9.59 Å². The Morgan fingerprint density at radius 3 is 2.55 bits per heavy atom. The number of hydrogen-bond donors (Lipinski definition) is 1. The van der Waals surface area contributed by atoms with Crippen molar-refractivity contribution in [1.29, 1.82) is 0 Å². The van der Waals surface area contributed by atoms with Gasteiger partial charge in [0.15, 0.2) is 11.5 Å². The lowest BCUT2D eigenvalue weighted by Crippen LogP contribution is -2.44. The molecular weight excluding hydrogens is 416 g/mol. The Balaban J connectivity index is 1.38. The van der Waals surface area contributed by atoms with Gasteiger partial charge in [-0.25, -0.2) is 0 Å². The molecule has 3 aromatic rings. The minimum atomic E-state index is -0.671. The van der Waals surface area contributed by atoms with Gasteiger partial charge in [-0.05, 0) is 47.7 Å². The third-order valence-corrected chi connectivity index (χ3v) is 6.55. The zero-order valence-electron chi connectivity index (χ0n) is 18.5. The van der Waals surface area contributed by atoms with Crippen LogP contribution >= 0.6 is 0 Å². The molecular formula is C27H26N2O4. The largest absolute Gasteiger partial charge is 0.454 e. The highest BCUT2D eigenvalue weighted by molar-refractivity contribution is 5.96. The molecule has 168 valence electrons. The van der Waals surface area contributed by atoms with Crippen LogP contribution in [0.2, 0.25) is 0 Å². The van der Waals surface area contributed by atoms with Crippen molar-refractivity contribution in [3.8, 4) is 22.6 Å². The molecule has 3 aromatic carbocycles. The van der Waals surface area contributed by atoms with E-state index in [4.69, 9.17) is 9.47 Å². The van der Waals surface area contributed by atoms with Gasteiger partial charge in [-0.3, -0.25) is 9.59 Å². The highest BCUT2D eigenvalue weighted by Crippen LogP contribution is 2.38. The molecule has 33 heavy (non-hydrogen) atoms. The lowest BCUT2D eigenvalue weighted by atomic mass is 9.79. The van der Waals surface area contributed by atoms with Crippen LogP contribution in [0.25, 0.3) is 11.1 Å². The summed E-state index contributed by atoms with van der Waals surface area (Å²) in [7, 11) is 1.66. The number of likely N-dealkylation sites (tertiary alicyclic amines) is 1. The molecule has 0 bridgehead atoms. The van der Waals surface area contributed by atoms with Gasteiger partial charge in [0.1, 0.15) is 0 Å². The highest BCUT2D eigenvalue weighted by atomic mass is 16.7. The summed E-state index contributed by atoms with van der Waals surface area (Å²) in [5.74, 6) is 1.09. The quantitative estimate of drug-likeness (QED) is 0.651. The van der Waals surface area contributed by atoms with Crippen molar-refractivity contribution >= 4 is 11.8 Å². The number of nitrogens with zero attached hydrogens (tertiary/aromatic N) is 1. The first-order valence-electron chi connectivity index (χ1n) is 11.1. The summed E-state index contributed by atoms with van der Waals surface area (Å²) in [6, 6.07) is 23.7. The number of benzene rings is 3. The van der Waals surface area contributed by atoms with E-state index < -0.39 is 5.41 Å². The third-order valence-electron chi connectivity index (χ3n) is 6.55. The number of amides is 2. The molecule has 1 atom stereocenters. The van der Waals surface area contributed by atoms with E-state index >= 15 is 0 Å². The minimum absolute atomic E-state index is 0.0337. The molecule has 2 heterocycles. The van der Waals surface area contributed by atoms with Crippen LogP contribution in [0.5, 0.6) is 11.5 Å². The van der Waals surface area contributed by atoms with Gasteiger partial charge in [-0.15, -0.1) is 0 Å². The monoisotopic (exact) mass is 442 g/mol. The summed E-state index contributed by atoms with van der Waals surface area (Å²) < 4.78 is 10.8. The number of rotatable bonds is 5. The maximum Gasteiger partial charge on any atom is 0.254 e. The van der Waals surface area contributed by atoms with Crippen molar-refractivity contribution < 1.29 is 19.1 Å². The van der Waals surface area contributed by atoms with Crippen molar-refractivity contribution in [3.05, 3.63) is 83.9 Å². The van der Waals surface area contributed by atoms with Crippen LogP contribution < -0.4 is 14.8 Å². The highest BCUT2D eigenvalue weighted by Gasteiger charge is 2.45. The predicted molar refractivity (Wildman–Crippen MR) is 125 cm³/mol. The minimum Gasteiger partial charge on any atom is -0.454 e. The summed E-state index contributed by atoms with van der Waals surface area (Å²) in [5, 5.41) is 2.83. The van der Waals surface area contributed by atoms with Gasteiger partial charge in [0.05, 0.1) is 5.41 Å². The molecule has 0 radical (unpaired) electrons. The van der Waals surface area contributed by atoms with Gasteiger partial charge in [0.2, 0.25) is 12.7 Å². The molecule has 6 heteroatoms. The maximum atomic E-state index is 13.2. The Bertz CT molecular complexity index is 1190. The van der Waals surface area contributed by atoms with Crippen molar-refractivity contribution in [2.75, 3.05) is 26.9 Å². The maximum absolute atomic E-state index is 13.2. The number of nitrogens with one attached hydrogen (secondary N) is 1. The first-order chi connectivity index (χ1) is 16.1. The van der Waals surface area contributed by atoms with Crippen LogP contribution in [0, 0.1) is 5.41 Å². The van der Waals surface area contributed by atoms with Crippen LogP contribution in [-0.2, 0) is 11.2 Å². The zero-order chi connectivity index (χ0) is 22.8. The van der Waals surface area contributed by atoms with Gasteiger partial charge in [0.25, 0.3) is 5.91 Å². The zero-order valence-corrected chi connectivity index (χ0v) is 18.5. The second-order valence-electron chi connectivity index (χ2n) is 8.65. The van der Waals surface area contributed by atoms with Crippen LogP contribution in [0.3, 0.4) is 0 Å². The standard InChI is InChI=1S/C27H26N2O4/c1-28-26(31)27(16-19-6-5-9-21(14-19)20-7-3-2-4-8-20)12-13-29(17-27)25(30)22-10-11-23-24(15-22)33-18-32-23/h2-11,14-15H,12-13,16-18H2,1H3,(H,28,31)/t27-/m1/s1. The summed E-state index contributed by atoms with van der Waals surface area (Å²) >= 11 is 0. The second kappa shape index (κ2) is 8.62. The number of carbonyl (C=O) groups excluding carboxylic acids is 2. The number of fused-ring (bicyclic) bond motifs is 1. The fourth-order valence-corrected chi connectivity index (χ4v) is 4.82. The van der Waals surface area contributed by atoms with Gasteiger partial charge >= 0.3 is 0 Å². The molecule has 5 rings (SSSR count). The first-order valence-corrected chi connectivity index (χ1v) is 11.1. The Labute approximate surface area is 193 Å². The Morgan fingerprint density at radius 2 is 1.73 bits per heavy atom. The molecule has 0 saturated carbocycles. The predicted octanol–water partition coefficient (Wildman–Crippen LogP) is 3.90. The van der Waals surface area contributed by atoms with Crippen LogP contribution in [0.4, 0.5) is 0 Å². The first kappa shape index (κ1) is 21.1. The summed E-state index contributed by atoms with van der Waals surface area (Å²) in [4.78, 5) is 28.1. The van der Waals surface area contributed by atoms with Crippen molar-refractivity contribution in [3.63, 3.8) is 0 Å². The Morgan fingerprint density at radius 1 is 0.939 bits per heavy atom. The molecule has 6 nitrogen and oxygen atoms in total. The summed E-state index contributed by atoms with van der Waals surface area (Å²) in [6.07, 6.45) is 1.18. The third kappa shape index (κ3) is 4.04. The van der Waals surface area contributed by atoms with Crippen molar-refractivity contribution in [2.45, 2.75) is 12.8 Å². The van der Waals surface area contributed by atoms with E-state index in [2.05, 4.69) is 35.6 Å². The van der Waals surface area contributed by atoms with E-state index in [1.165, 1.54) is 0 Å². The van der Waals surface area contributed by atoms with Crippen LogP contribution in [0.1, 0.15) is 22.3 Å². The van der Waals surface area contributed by atoms with Gasteiger partial charge in [-0.1, -0.05) is 54.6 Å². The van der Waals surface area contributed by atoms with Crippen molar-refractivity contribution in [2.24, 2.45) is 5.41 Å². The van der Waals surface area contributed by atoms with Crippen LogP contribution in [0.15, 0.2) is 72.8 Å². The molecule has 0 spiro atoms. The van der Waals surface area contributed by atoms with Gasteiger partial charge in [-0.2, -0.15) is 0 Å². The van der Waals surface area contributed by atoms with E-state index in [1.54, 1.807) is 30.1 Å². The topological polar surface area (TPSA) is 67.9 Å². The SMILES string of the molecule is CNC(=O)[C@@]1(Cc2cccc(-c3ccccc3)c2)CCN(C(=O)c2ccc3c(c2)OCO3)C1. The normalized spacial score (nSPS) is 18.9.